The second kappa shape index (κ2) is 5.69. The van der Waals surface area contributed by atoms with Crippen LogP contribution in [0, 0.1) is 5.82 Å². The fourth-order valence-electron chi connectivity index (χ4n) is 2.40. The minimum absolute atomic E-state index is 0.0358. The maximum absolute atomic E-state index is 13.0. The van der Waals surface area contributed by atoms with Crippen molar-refractivity contribution in [1.29, 1.82) is 0 Å². The normalized spacial score (nSPS) is 23.2. The molecule has 0 aromatic heterocycles. The molecule has 1 heterocycles. The Balaban J connectivity index is 2.02. The predicted molar refractivity (Wildman–Crippen MR) is 66.7 cm³/mol. The summed E-state index contributed by atoms with van der Waals surface area (Å²) in [4.78, 5) is 0. The van der Waals surface area contributed by atoms with E-state index >= 15 is 0 Å². The fourth-order valence-corrected chi connectivity index (χ4v) is 2.40. The second-order valence-corrected chi connectivity index (χ2v) is 5.30. The standard InChI is InChI=1S/C14H17F4NO/c1-13(5-2-6-20-13)9-19-8-10-3-4-11(15)7-12(10)14(16,17)18/h3-4,7,19H,2,5-6,8-9H2,1H3. The van der Waals surface area contributed by atoms with Crippen molar-refractivity contribution >= 4 is 0 Å². The Hall–Kier alpha value is -1.14. The van der Waals surface area contributed by atoms with Crippen LogP contribution in [-0.4, -0.2) is 18.8 Å². The van der Waals surface area contributed by atoms with Crippen molar-refractivity contribution in [2.24, 2.45) is 0 Å². The van der Waals surface area contributed by atoms with E-state index < -0.39 is 17.6 Å². The first-order valence-electron chi connectivity index (χ1n) is 6.50. The van der Waals surface area contributed by atoms with Crippen LogP contribution in [0.1, 0.15) is 30.9 Å². The number of hydrogen-bond acceptors (Lipinski definition) is 2. The number of rotatable bonds is 4. The first-order valence-corrected chi connectivity index (χ1v) is 6.50. The highest BCUT2D eigenvalue weighted by Crippen LogP contribution is 2.32. The number of ether oxygens (including phenoxy) is 1. The zero-order chi connectivity index (χ0) is 14.8. The van der Waals surface area contributed by atoms with E-state index in [2.05, 4.69) is 5.32 Å². The molecule has 1 saturated heterocycles. The Morgan fingerprint density at radius 1 is 1.35 bits per heavy atom. The molecule has 1 aliphatic rings. The molecule has 0 aliphatic carbocycles. The molecule has 1 atom stereocenters. The summed E-state index contributed by atoms with van der Waals surface area (Å²) in [7, 11) is 0. The molecule has 0 bridgehead atoms. The van der Waals surface area contributed by atoms with E-state index in [0.717, 1.165) is 18.9 Å². The minimum Gasteiger partial charge on any atom is -0.374 e. The predicted octanol–water partition coefficient (Wildman–Crippen LogP) is 3.50. The van der Waals surface area contributed by atoms with Gasteiger partial charge in [-0.3, -0.25) is 0 Å². The van der Waals surface area contributed by atoms with Crippen molar-refractivity contribution in [3.05, 3.63) is 35.1 Å². The van der Waals surface area contributed by atoms with Crippen molar-refractivity contribution in [1.82, 2.24) is 5.32 Å². The molecule has 1 aromatic rings. The third-order valence-corrected chi connectivity index (χ3v) is 3.49. The summed E-state index contributed by atoms with van der Waals surface area (Å²) in [5.41, 5.74) is -1.21. The molecule has 1 fully saturated rings. The van der Waals surface area contributed by atoms with E-state index in [0.29, 0.717) is 19.2 Å². The van der Waals surface area contributed by atoms with Gasteiger partial charge in [-0.05, 0) is 37.5 Å². The molecule has 20 heavy (non-hydrogen) atoms. The summed E-state index contributed by atoms with van der Waals surface area (Å²) < 4.78 is 57.0. The molecule has 1 aliphatic heterocycles. The third kappa shape index (κ3) is 3.70. The summed E-state index contributed by atoms with van der Waals surface area (Å²) in [5.74, 6) is -0.882. The Kier molecular flexibility index (Phi) is 4.34. The summed E-state index contributed by atoms with van der Waals surface area (Å²) in [6, 6.07) is 2.74. The molecular weight excluding hydrogens is 274 g/mol. The molecule has 2 rings (SSSR count). The Morgan fingerprint density at radius 3 is 2.70 bits per heavy atom. The Morgan fingerprint density at radius 2 is 2.10 bits per heavy atom. The van der Waals surface area contributed by atoms with Crippen molar-refractivity contribution in [3.8, 4) is 0 Å². The smallest absolute Gasteiger partial charge is 0.374 e. The van der Waals surface area contributed by atoms with Gasteiger partial charge < -0.3 is 10.1 Å². The Labute approximate surface area is 115 Å². The number of benzene rings is 1. The van der Waals surface area contributed by atoms with Gasteiger partial charge in [0.2, 0.25) is 0 Å². The van der Waals surface area contributed by atoms with Gasteiger partial charge in [0.05, 0.1) is 11.2 Å². The highest BCUT2D eigenvalue weighted by molar-refractivity contribution is 5.30. The summed E-state index contributed by atoms with van der Waals surface area (Å²) in [6.07, 6.45) is -2.70. The first-order chi connectivity index (χ1) is 9.30. The van der Waals surface area contributed by atoms with Crippen molar-refractivity contribution in [2.45, 2.75) is 38.1 Å². The third-order valence-electron chi connectivity index (χ3n) is 3.49. The molecule has 1 aromatic carbocycles. The lowest BCUT2D eigenvalue weighted by Crippen LogP contribution is -2.37. The molecular formula is C14H17F4NO. The monoisotopic (exact) mass is 291 g/mol. The lowest BCUT2D eigenvalue weighted by Gasteiger charge is -2.24. The van der Waals surface area contributed by atoms with Gasteiger partial charge in [0.25, 0.3) is 0 Å². The van der Waals surface area contributed by atoms with Crippen LogP contribution < -0.4 is 5.32 Å². The lowest BCUT2D eigenvalue weighted by molar-refractivity contribution is -0.138. The van der Waals surface area contributed by atoms with E-state index in [1.54, 1.807) is 0 Å². The molecule has 2 nitrogen and oxygen atoms in total. The summed E-state index contributed by atoms with van der Waals surface area (Å²) in [6.45, 7) is 3.13. The molecule has 1 unspecified atom stereocenters. The molecule has 0 spiro atoms. The van der Waals surface area contributed by atoms with Gasteiger partial charge in [0, 0.05) is 19.7 Å². The zero-order valence-corrected chi connectivity index (χ0v) is 11.2. The van der Waals surface area contributed by atoms with E-state index in [4.69, 9.17) is 4.74 Å². The molecule has 0 radical (unpaired) electrons. The average Bonchev–Trinajstić information content (AvgIpc) is 2.77. The van der Waals surface area contributed by atoms with Gasteiger partial charge >= 0.3 is 6.18 Å². The maximum Gasteiger partial charge on any atom is 0.416 e. The van der Waals surface area contributed by atoms with Crippen LogP contribution in [0.5, 0.6) is 0 Å². The molecule has 1 N–H and O–H groups in total. The van der Waals surface area contributed by atoms with E-state index in [1.807, 2.05) is 6.92 Å². The number of nitrogens with one attached hydrogen (secondary N) is 1. The lowest BCUT2D eigenvalue weighted by atomic mass is 10.0. The van der Waals surface area contributed by atoms with Gasteiger partial charge in [-0.25, -0.2) is 4.39 Å². The van der Waals surface area contributed by atoms with Crippen LogP contribution in [0.2, 0.25) is 0 Å². The van der Waals surface area contributed by atoms with Crippen molar-refractivity contribution < 1.29 is 22.3 Å². The van der Waals surface area contributed by atoms with Gasteiger partial charge in [-0.1, -0.05) is 6.07 Å². The van der Waals surface area contributed by atoms with Crippen LogP contribution in [-0.2, 0) is 17.5 Å². The quantitative estimate of drug-likeness (QED) is 0.857. The van der Waals surface area contributed by atoms with Crippen LogP contribution in [0.25, 0.3) is 0 Å². The van der Waals surface area contributed by atoms with Gasteiger partial charge in [-0.15, -0.1) is 0 Å². The molecule has 0 amide bonds. The summed E-state index contributed by atoms with van der Waals surface area (Å²) in [5, 5.41) is 2.97. The summed E-state index contributed by atoms with van der Waals surface area (Å²) >= 11 is 0. The van der Waals surface area contributed by atoms with E-state index in [1.165, 1.54) is 6.07 Å². The van der Waals surface area contributed by atoms with Gasteiger partial charge in [-0.2, -0.15) is 13.2 Å². The fraction of sp³-hybridized carbons (Fsp3) is 0.571. The SMILES string of the molecule is CC1(CNCc2ccc(F)cc2C(F)(F)F)CCCO1. The molecule has 0 saturated carbocycles. The number of halogens is 4. The topological polar surface area (TPSA) is 21.3 Å². The Bertz CT molecular complexity index is 467. The van der Waals surface area contributed by atoms with Crippen LogP contribution >= 0.6 is 0 Å². The highest BCUT2D eigenvalue weighted by atomic mass is 19.4. The highest BCUT2D eigenvalue weighted by Gasteiger charge is 2.34. The zero-order valence-electron chi connectivity index (χ0n) is 11.2. The van der Waals surface area contributed by atoms with E-state index in [9.17, 15) is 17.6 Å². The van der Waals surface area contributed by atoms with E-state index in [-0.39, 0.29) is 17.7 Å². The molecule has 6 heteroatoms. The minimum atomic E-state index is -4.55. The van der Waals surface area contributed by atoms with Crippen LogP contribution in [0.3, 0.4) is 0 Å². The van der Waals surface area contributed by atoms with Crippen molar-refractivity contribution in [3.63, 3.8) is 0 Å². The second-order valence-electron chi connectivity index (χ2n) is 5.30. The largest absolute Gasteiger partial charge is 0.416 e. The van der Waals surface area contributed by atoms with Crippen molar-refractivity contribution in [2.75, 3.05) is 13.2 Å². The molecule has 112 valence electrons. The average molecular weight is 291 g/mol. The van der Waals surface area contributed by atoms with Crippen LogP contribution in [0.4, 0.5) is 17.6 Å². The first kappa shape index (κ1) is 15.3. The van der Waals surface area contributed by atoms with Crippen LogP contribution in [0.15, 0.2) is 18.2 Å². The number of alkyl halides is 3. The van der Waals surface area contributed by atoms with Gasteiger partial charge in [0.1, 0.15) is 5.82 Å². The number of hydrogen-bond donors (Lipinski definition) is 1. The van der Waals surface area contributed by atoms with Gasteiger partial charge in [0.15, 0.2) is 0 Å². The maximum atomic E-state index is 13.0.